The molecule has 2 nitrogen and oxygen atoms in total. The fraction of sp³-hybridized carbons (Fsp3) is 0.500. The van der Waals surface area contributed by atoms with Crippen LogP contribution >= 0.6 is 0 Å². The van der Waals surface area contributed by atoms with Crippen molar-refractivity contribution in [3.63, 3.8) is 0 Å². The molecular formula is C14H22N2. The van der Waals surface area contributed by atoms with E-state index in [9.17, 15) is 0 Å². The van der Waals surface area contributed by atoms with Crippen LogP contribution in [0.3, 0.4) is 0 Å². The van der Waals surface area contributed by atoms with Gasteiger partial charge in [0.05, 0.1) is 5.84 Å². The predicted octanol–water partition coefficient (Wildman–Crippen LogP) is 2.76. The molecule has 1 aromatic carbocycles. The number of hydrogen-bond donors (Lipinski definition) is 1. The van der Waals surface area contributed by atoms with Gasteiger partial charge in [-0.3, -0.25) is 4.99 Å². The first-order valence-corrected chi connectivity index (χ1v) is 5.67. The summed E-state index contributed by atoms with van der Waals surface area (Å²) < 4.78 is 0. The minimum atomic E-state index is 0.703. The molecule has 0 fully saturated rings. The van der Waals surface area contributed by atoms with Crippen molar-refractivity contribution in [1.82, 2.24) is 0 Å². The molecule has 0 heterocycles. The first-order valence-electron chi connectivity index (χ1n) is 5.67. The van der Waals surface area contributed by atoms with Crippen LogP contribution in [-0.4, -0.2) is 12.9 Å². The van der Waals surface area contributed by atoms with Crippen molar-refractivity contribution in [1.29, 1.82) is 0 Å². The van der Waals surface area contributed by atoms with Crippen molar-refractivity contribution < 1.29 is 0 Å². The summed E-state index contributed by atoms with van der Waals surface area (Å²) in [6.07, 6.45) is 0.760. The zero-order chi connectivity index (χ0) is 12.5. The van der Waals surface area contributed by atoms with Crippen LogP contribution in [0.5, 0.6) is 0 Å². The quantitative estimate of drug-likeness (QED) is 0.601. The van der Waals surface area contributed by atoms with Gasteiger partial charge in [-0.15, -0.1) is 0 Å². The molecular weight excluding hydrogens is 196 g/mol. The molecule has 1 rings (SSSR count). The van der Waals surface area contributed by atoms with Crippen LogP contribution in [0.2, 0.25) is 0 Å². The number of hydrogen-bond acceptors (Lipinski definition) is 1. The van der Waals surface area contributed by atoms with Crippen LogP contribution in [-0.2, 0) is 6.42 Å². The lowest BCUT2D eigenvalue weighted by Gasteiger charge is -2.18. The van der Waals surface area contributed by atoms with E-state index in [4.69, 9.17) is 5.73 Å². The van der Waals surface area contributed by atoms with Crippen LogP contribution < -0.4 is 5.73 Å². The van der Waals surface area contributed by atoms with Crippen molar-refractivity contribution in [2.24, 2.45) is 10.7 Å². The molecule has 1 aromatic rings. The van der Waals surface area contributed by atoms with Crippen molar-refractivity contribution >= 4 is 5.84 Å². The van der Waals surface area contributed by atoms with E-state index in [1.165, 1.54) is 33.4 Å². The number of benzene rings is 1. The molecule has 0 radical (unpaired) electrons. The highest BCUT2D eigenvalue weighted by molar-refractivity contribution is 5.83. The number of amidine groups is 1. The van der Waals surface area contributed by atoms with E-state index in [0.29, 0.717) is 5.84 Å². The topological polar surface area (TPSA) is 38.4 Å². The maximum atomic E-state index is 5.83. The van der Waals surface area contributed by atoms with Gasteiger partial charge >= 0.3 is 0 Å². The Kier molecular flexibility index (Phi) is 3.74. The minimum absolute atomic E-state index is 0.703. The van der Waals surface area contributed by atoms with E-state index in [2.05, 4.69) is 39.6 Å². The molecule has 16 heavy (non-hydrogen) atoms. The number of aliphatic imine (C=N–C) groups is 1. The van der Waals surface area contributed by atoms with E-state index in [0.717, 1.165) is 6.42 Å². The van der Waals surface area contributed by atoms with Gasteiger partial charge in [0.25, 0.3) is 0 Å². The second kappa shape index (κ2) is 4.69. The van der Waals surface area contributed by atoms with Crippen LogP contribution in [0, 0.1) is 34.6 Å². The van der Waals surface area contributed by atoms with Gasteiger partial charge in [-0.25, -0.2) is 0 Å². The van der Waals surface area contributed by atoms with E-state index in [-0.39, 0.29) is 0 Å². The summed E-state index contributed by atoms with van der Waals surface area (Å²) in [6.45, 7) is 10.9. The second-order valence-corrected chi connectivity index (χ2v) is 4.50. The monoisotopic (exact) mass is 218 g/mol. The minimum Gasteiger partial charge on any atom is -0.387 e. The molecule has 2 N–H and O–H groups in total. The van der Waals surface area contributed by atoms with Gasteiger partial charge in [-0.05, 0) is 68.0 Å². The van der Waals surface area contributed by atoms with Crippen LogP contribution in [0.15, 0.2) is 4.99 Å². The Morgan fingerprint density at radius 2 is 1.25 bits per heavy atom. The van der Waals surface area contributed by atoms with E-state index in [1.807, 2.05) is 0 Å². The average molecular weight is 218 g/mol. The van der Waals surface area contributed by atoms with Crippen LogP contribution in [0.1, 0.15) is 33.4 Å². The van der Waals surface area contributed by atoms with Gasteiger partial charge < -0.3 is 5.73 Å². The maximum absolute atomic E-state index is 5.83. The molecule has 0 aromatic heterocycles. The standard InChI is InChI=1S/C14H22N2/c1-8-9(2)11(4)13(7-14(15)16-6)12(5)10(8)3/h7H2,1-6H3,(H2,15,16). The lowest BCUT2D eigenvalue weighted by atomic mass is 9.88. The molecule has 88 valence electrons. The highest BCUT2D eigenvalue weighted by Gasteiger charge is 2.12. The van der Waals surface area contributed by atoms with Crippen molar-refractivity contribution in [2.75, 3.05) is 7.05 Å². The summed E-state index contributed by atoms with van der Waals surface area (Å²) in [5, 5.41) is 0. The first kappa shape index (κ1) is 12.8. The molecule has 0 saturated heterocycles. The Bertz CT molecular complexity index is 414. The van der Waals surface area contributed by atoms with Crippen LogP contribution in [0.4, 0.5) is 0 Å². The van der Waals surface area contributed by atoms with E-state index in [1.54, 1.807) is 7.05 Å². The Morgan fingerprint density at radius 1 is 0.875 bits per heavy atom. The summed E-state index contributed by atoms with van der Waals surface area (Å²) in [4.78, 5) is 4.04. The Morgan fingerprint density at radius 3 is 1.62 bits per heavy atom. The molecule has 0 aliphatic heterocycles. The molecule has 0 amide bonds. The van der Waals surface area contributed by atoms with Gasteiger partial charge in [-0.1, -0.05) is 0 Å². The summed E-state index contributed by atoms with van der Waals surface area (Å²) in [7, 11) is 1.74. The van der Waals surface area contributed by atoms with Gasteiger partial charge in [0, 0.05) is 13.5 Å². The third-order valence-corrected chi connectivity index (χ3v) is 3.80. The number of nitrogens with two attached hydrogens (primary N) is 1. The largest absolute Gasteiger partial charge is 0.387 e. The van der Waals surface area contributed by atoms with E-state index >= 15 is 0 Å². The molecule has 0 spiro atoms. The smallest absolute Gasteiger partial charge is 0.0978 e. The van der Waals surface area contributed by atoms with Gasteiger partial charge in [-0.2, -0.15) is 0 Å². The Hall–Kier alpha value is -1.31. The summed E-state index contributed by atoms with van der Waals surface area (Å²) in [5.74, 6) is 0.703. The zero-order valence-electron chi connectivity index (χ0n) is 11.2. The van der Waals surface area contributed by atoms with Crippen molar-refractivity contribution in [3.05, 3.63) is 33.4 Å². The SMILES string of the molecule is CN=C(N)Cc1c(C)c(C)c(C)c(C)c1C. The van der Waals surface area contributed by atoms with Gasteiger partial charge in [0.2, 0.25) is 0 Å². The molecule has 0 aliphatic carbocycles. The van der Waals surface area contributed by atoms with E-state index < -0.39 is 0 Å². The third kappa shape index (κ3) is 2.11. The van der Waals surface area contributed by atoms with Gasteiger partial charge in [0.15, 0.2) is 0 Å². The highest BCUT2D eigenvalue weighted by atomic mass is 14.8. The second-order valence-electron chi connectivity index (χ2n) is 4.50. The summed E-state index contributed by atoms with van der Waals surface area (Å²) in [6, 6.07) is 0. The highest BCUT2D eigenvalue weighted by Crippen LogP contribution is 2.26. The van der Waals surface area contributed by atoms with Gasteiger partial charge in [0.1, 0.15) is 0 Å². The lowest BCUT2D eigenvalue weighted by molar-refractivity contribution is 1.09. The number of rotatable bonds is 2. The summed E-state index contributed by atoms with van der Waals surface area (Å²) >= 11 is 0. The lowest BCUT2D eigenvalue weighted by Crippen LogP contribution is -2.17. The fourth-order valence-electron chi connectivity index (χ4n) is 2.10. The Labute approximate surface area is 98.6 Å². The average Bonchev–Trinajstić information content (AvgIpc) is 2.29. The molecule has 0 bridgehead atoms. The normalized spacial score (nSPS) is 12.0. The Balaban J connectivity index is 3.40. The predicted molar refractivity (Wildman–Crippen MR) is 71.4 cm³/mol. The molecule has 0 atom stereocenters. The fourth-order valence-corrected chi connectivity index (χ4v) is 2.10. The zero-order valence-corrected chi connectivity index (χ0v) is 11.2. The van der Waals surface area contributed by atoms with Crippen molar-refractivity contribution in [2.45, 2.75) is 41.0 Å². The maximum Gasteiger partial charge on any atom is 0.0978 e. The summed E-state index contributed by atoms with van der Waals surface area (Å²) in [5.41, 5.74) is 14.0. The number of nitrogens with zero attached hydrogens (tertiary/aromatic N) is 1. The third-order valence-electron chi connectivity index (χ3n) is 3.80. The van der Waals surface area contributed by atoms with Crippen molar-refractivity contribution in [3.8, 4) is 0 Å². The molecule has 0 aliphatic rings. The molecule has 2 heteroatoms. The van der Waals surface area contributed by atoms with Crippen LogP contribution in [0.25, 0.3) is 0 Å². The first-order chi connectivity index (χ1) is 7.40. The molecule has 0 saturated carbocycles. The molecule has 0 unspecified atom stereocenters.